The van der Waals surface area contributed by atoms with E-state index in [0.717, 1.165) is 23.6 Å². The molecule has 0 radical (unpaired) electrons. The molecular formula is C15H21N3OS. The van der Waals surface area contributed by atoms with Crippen LogP contribution in [0.5, 0.6) is 0 Å². The van der Waals surface area contributed by atoms with Gasteiger partial charge in [-0.1, -0.05) is 12.8 Å². The number of fused-ring (bicyclic) bond motifs is 1. The van der Waals surface area contributed by atoms with Crippen molar-refractivity contribution in [2.24, 2.45) is 0 Å². The molecule has 0 aliphatic carbocycles. The Balaban J connectivity index is 2.12. The Morgan fingerprint density at radius 3 is 2.95 bits per heavy atom. The molecule has 20 heavy (non-hydrogen) atoms. The molecule has 0 aromatic carbocycles. The molecule has 1 fully saturated rings. The third-order valence-electron chi connectivity index (χ3n) is 4.31. The van der Waals surface area contributed by atoms with Crippen molar-refractivity contribution in [1.82, 2.24) is 9.97 Å². The average molecular weight is 291 g/mol. The summed E-state index contributed by atoms with van der Waals surface area (Å²) in [6.07, 6.45) is 6.31. The van der Waals surface area contributed by atoms with E-state index in [-0.39, 0.29) is 12.6 Å². The minimum atomic E-state index is 0.190. The summed E-state index contributed by atoms with van der Waals surface area (Å²) in [5.74, 6) is 1.01. The fraction of sp³-hybridized carbons (Fsp3) is 0.600. The summed E-state index contributed by atoms with van der Waals surface area (Å²) in [5.41, 5.74) is 1.28. The number of rotatable bonds is 2. The molecule has 1 saturated heterocycles. The van der Waals surface area contributed by atoms with Crippen molar-refractivity contribution < 1.29 is 5.11 Å². The van der Waals surface area contributed by atoms with Crippen molar-refractivity contribution >= 4 is 27.4 Å². The van der Waals surface area contributed by atoms with Gasteiger partial charge in [0.25, 0.3) is 0 Å². The Hall–Kier alpha value is -1.20. The summed E-state index contributed by atoms with van der Waals surface area (Å²) in [6.45, 7) is 5.46. The lowest BCUT2D eigenvalue weighted by Crippen LogP contribution is -2.38. The predicted octanol–water partition coefficient (Wildman–Crippen LogP) is 3.05. The Labute approximate surface area is 123 Å². The minimum absolute atomic E-state index is 0.190. The number of anilines is 1. The Morgan fingerprint density at radius 2 is 2.15 bits per heavy atom. The van der Waals surface area contributed by atoms with Crippen LogP contribution in [-0.2, 0) is 0 Å². The smallest absolute Gasteiger partial charge is 0.141 e. The van der Waals surface area contributed by atoms with Gasteiger partial charge in [0.05, 0.1) is 18.0 Å². The van der Waals surface area contributed by atoms with Crippen LogP contribution < -0.4 is 4.90 Å². The minimum Gasteiger partial charge on any atom is -0.394 e. The quantitative estimate of drug-likeness (QED) is 0.924. The molecule has 4 nitrogen and oxygen atoms in total. The van der Waals surface area contributed by atoms with E-state index in [4.69, 9.17) is 0 Å². The highest BCUT2D eigenvalue weighted by molar-refractivity contribution is 7.18. The molecular weight excluding hydrogens is 270 g/mol. The molecule has 1 N–H and O–H groups in total. The van der Waals surface area contributed by atoms with Crippen LogP contribution in [0.1, 0.15) is 36.1 Å². The molecule has 1 unspecified atom stereocenters. The van der Waals surface area contributed by atoms with Gasteiger partial charge < -0.3 is 10.0 Å². The molecule has 3 heterocycles. The highest BCUT2D eigenvalue weighted by Gasteiger charge is 2.24. The van der Waals surface area contributed by atoms with E-state index in [0.29, 0.717) is 0 Å². The maximum absolute atomic E-state index is 9.71. The number of hydrogen-bond acceptors (Lipinski definition) is 5. The molecule has 0 bridgehead atoms. The highest BCUT2D eigenvalue weighted by atomic mass is 32.1. The number of thiophene rings is 1. The van der Waals surface area contributed by atoms with Crippen molar-refractivity contribution in [3.05, 3.63) is 16.8 Å². The molecule has 0 spiro atoms. The Morgan fingerprint density at radius 1 is 1.30 bits per heavy atom. The molecule has 1 atom stereocenters. The van der Waals surface area contributed by atoms with Gasteiger partial charge in [0, 0.05) is 11.4 Å². The lowest BCUT2D eigenvalue weighted by molar-refractivity contribution is 0.254. The first-order valence-electron chi connectivity index (χ1n) is 7.30. The van der Waals surface area contributed by atoms with Crippen molar-refractivity contribution in [3.63, 3.8) is 0 Å². The molecule has 1 aliphatic heterocycles. The summed E-state index contributed by atoms with van der Waals surface area (Å²) in [6, 6.07) is 0.190. The second kappa shape index (κ2) is 5.66. The summed E-state index contributed by atoms with van der Waals surface area (Å²) < 4.78 is 0. The van der Waals surface area contributed by atoms with Crippen LogP contribution in [0.4, 0.5) is 5.82 Å². The van der Waals surface area contributed by atoms with Gasteiger partial charge in [-0.05, 0) is 32.3 Å². The van der Waals surface area contributed by atoms with Gasteiger partial charge >= 0.3 is 0 Å². The van der Waals surface area contributed by atoms with Crippen molar-refractivity contribution in [3.8, 4) is 0 Å². The lowest BCUT2D eigenvalue weighted by atomic mass is 10.1. The first-order valence-corrected chi connectivity index (χ1v) is 8.12. The largest absolute Gasteiger partial charge is 0.394 e. The van der Waals surface area contributed by atoms with Gasteiger partial charge in [-0.25, -0.2) is 9.97 Å². The van der Waals surface area contributed by atoms with Gasteiger partial charge in [-0.15, -0.1) is 11.3 Å². The van der Waals surface area contributed by atoms with Crippen molar-refractivity contribution in [1.29, 1.82) is 0 Å². The Bertz CT molecular complexity index is 610. The maximum atomic E-state index is 9.71. The highest BCUT2D eigenvalue weighted by Crippen LogP contribution is 2.36. The second-order valence-electron chi connectivity index (χ2n) is 5.54. The number of hydrogen-bond donors (Lipinski definition) is 1. The van der Waals surface area contributed by atoms with Crippen LogP contribution in [-0.4, -0.2) is 34.3 Å². The molecule has 2 aromatic rings. The van der Waals surface area contributed by atoms with E-state index >= 15 is 0 Å². The van der Waals surface area contributed by atoms with Crippen LogP contribution in [0.15, 0.2) is 6.33 Å². The number of nitrogens with zero attached hydrogens (tertiary/aromatic N) is 3. The maximum Gasteiger partial charge on any atom is 0.141 e. The first-order chi connectivity index (χ1) is 9.72. The second-order valence-corrected chi connectivity index (χ2v) is 6.74. The zero-order valence-corrected chi connectivity index (χ0v) is 12.9. The summed E-state index contributed by atoms with van der Waals surface area (Å²) in [7, 11) is 0. The fourth-order valence-electron chi connectivity index (χ4n) is 3.03. The summed E-state index contributed by atoms with van der Waals surface area (Å²) in [4.78, 5) is 13.6. The van der Waals surface area contributed by atoms with Crippen molar-refractivity contribution in [2.45, 2.75) is 45.6 Å². The monoisotopic (exact) mass is 291 g/mol. The van der Waals surface area contributed by atoms with Gasteiger partial charge in [0.15, 0.2) is 0 Å². The molecule has 1 aliphatic rings. The number of aromatic nitrogens is 2. The Kier molecular flexibility index (Phi) is 3.89. The van der Waals surface area contributed by atoms with E-state index < -0.39 is 0 Å². The predicted molar refractivity (Wildman–Crippen MR) is 83.6 cm³/mol. The SMILES string of the molecule is Cc1sc2ncnc(N3CCCCCC3CO)c2c1C. The fourth-order valence-corrected chi connectivity index (χ4v) is 4.02. The summed E-state index contributed by atoms with van der Waals surface area (Å²) in [5, 5.41) is 10.9. The standard InChI is InChI=1S/C15H21N3OS/c1-10-11(2)20-15-13(10)14(16-9-17-15)18-7-5-3-4-6-12(18)8-19/h9,12,19H,3-8H2,1-2H3. The van der Waals surface area contributed by atoms with Crippen LogP contribution in [0.3, 0.4) is 0 Å². The van der Waals surface area contributed by atoms with E-state index in [1.54, 1.807) is 17.7 Å². The van der Waals surface area contributed by atoms with Gasteiger partial charge in [0.2, 0.25) is 0 Å². The van der Waals surface area contributed by atoms with Crippen LogP contribution >= 0.6 is 11.3 Å². The molecule has 5 heteroatoms. The molecule has 0 amide bonds. The number of aryl methyl sites for hydroxylation is 2. The summed E-state index contributed by atoms with van der Waals surface area (Å²) >= 11 is 1.73. The van der Waals surface area contributed by atoms with Crippen LogP contribution in [0.2, 0.25) is 0 Å². The van der Waals surface area contributed by atoms with E-state index in [9.17, 15) is 5.11 Å². The van der Waals surface area contributed by atoms with Gasteiger partial charge in [-0.2, -0.15) is 0 Å². The topological polar surface area (TPSA) is 49.2 Å². The molecule has 2 aromatic heterocycles. The van der Waals surface area contributed by atoms with Gasteiger partial charge in [0.1, 0.15) is 17.0 Å². The van der Waals surface area contributed by atoms with E-state index in [1.165, 1.54) is 35.1 Å². The van der Waals surface area contributed by atoms with Crippen LogP contribution in [0, 0.1) is 13.8 Å². The number of aliphatic hydroxyl groups is 1. The third-order valence-corrected chi connectivity index (χ3v) is 5.42. The van der Waals surface area contributed by atoms with E-state index in [1.807, 2.05) is 0 Å². The zero-order valence-electron chi connectivity index (χ0n) is 12.1. The average Bonchev–Trinajstić information content (AvgIpc) is 2.66. The first kappa shape index (κ1) is 13.8. The molecule has 0 saturated carbocycles. The molecule has 108 valence electrons. The third kappa shape index (κ3) is 2.29. The van der Waals surface area contributed by atoms with E-state index in [2.05, 4.69) is 28.7 Å². The van der Waals surface area contributed by atoms with Crippen molar-refractivity contribution in [2.75, 3.05) is 18.1 Å². The van der Waals surface area contributed by atoms with Gasteiger partial charge in [-0.3, -0.25) is 0 Å². The zero-order chi connectivity index (χ0) is 14.1. The van der Waals surface area contributed by atoms with Crippen LogP contribution in [0.25, 0.3) is 10.2 Å². The molecule has 3 rings (SSSR count). The lowest BCUT2D eigenvalue weighted by Gasteiger charge is -2.30. The normalized spacial score (nSPS) is 20.4. The number of aliphatic hydroxyl groups excluding tert-OH is 1.